The van der Waals surface area contributed by atoms with Gasteiger partial charge >= 0.3 is 29.1 Å². The third kappa shape index (κ3) is 28.1. The molecule has 14 aromatic rings. The third-order valence-corrected chi connectivity index (χ3v) is 20.1. The van der Waals surface area contributed by atoms with Crippen LogP contribution in [0.3, 0.4) is 0 Å². The fourth-order valence-electron chi connectivity index (χ4n) is 11.9. The van der Waals surface area contributed by atoms with Crippen molar-refractivity contribution in [1.29, 1.82) is 0 Å². The Kier molecular flexibility index (Phi) is 36.8. The number of aldehydes is 1. The molecule has 24 nitrogen and oxygen atoms in total. The van der Waals surface area contributed by atoms with Gasteiger partial charge in [0.05, 0.1) is 63.1 Å². The quantitative estimate of drug-likeness (QED) is 0.0115. The number of aromatic nitrogens is 8. The van der Waals surface area contributed by atoms with Crippen LogP contribution in [0.15, 0.2) is 282 Å². The van der Waals surface area contributed by atoms with Crippen LogP contribution < -0.4 is 52.9 Å². The van der Waals surface area contributed by atoms with E-state index in [4.69, 9.17) is 30.4 Å². The van der Waals surface area contributed by atoms with Crippen molar-refractivity contribution in [3.05, 3.63) is 378 Å². The number of nitrogens with one attached hydrogen (secondary N) is 2. The summed E-state index contributed by atoms with van der Waals surface area (Å²) in [6, 6.07) is 49.7. The summed E-state index contributed by atoms with van der Waals surface area (Å²) in [5, 5.41) is 2.48. The van der Waals surface area contributed by atoms with Gasteiger partial charge in [0.25, 0.3) is 26.1 Å². The fraction of sp³-hybridized carbons (Fsp3) is 0.126. The Morgan fingerprint density at radius 2 is 0.790 bits per heavy atom. The number of amides is 2. The molecule has 0 fully saturated rings. The molecule has 37 heteroatoms. The number of nitrogens with two attached hydrogens (primary N) is 2. The van der Waals surface area contributed by atoms with Crippen molar-refractivity contribution >= 4 is 61.5 Å². The average Bonchev–Trinajstić information content (AvgIpc) is 1.49. The van der Waals surface area contributed by atoms with Crippen LogP contribution in [0, 0.1) is 66.2 Å². The number of halogens is 10. The van der Waals surface area contributed by atoms with Crippen LogP contribution in [0.2, 0.25) is 0 Å². The topological polar surface area (TPSA) is 316 Å². The average molecular weight is 1780 g/mol. The molecule has 3 unspecified atom stereocenters. The van der Waals surface area contributed by atoms with Gasteiger partial charge in [-0.25, -0.2) is 82.2 Å². The Morgan fingerprint density at radius 3 is 1.15 bits per heavy atom. The molecule has 0 saturated heterocycles. The standard InChI is InChI=1S/C25H21F3N4O4S.2C18H17F2N3O.C11H10N2O2.C8H7NO3S.C7H5F2.ClH.Mg/c1-36-20-8-6-19(7-9-20)32-11-10-29-24(32)22(14-16-12-17(26)15-18(27)13-16)30-25(33)31-37(34,35)23-5-3-2-4-21(23)28;2*1-24-16-4-2-15(3-5-16)23-7-6-22-18(23)17(21)10-12-8-13(19)11-14(20)9-12;1-15-10-4-2-9(3-5-10)13-7-6-12-11(13)8-14;1-7-4-2-3-5-8(7)13(11,12)9-6-10;1-5-2-6(8)4-7(9)3-5;;/h2-13,15,22H,14H2,1H3,(H2,30,31,33);2*2-9,11,17H,10,21H2,1H3;2-8H,1H3;2-5H,1H3;2-4H,1H2;1H;/q;;;;;-1;;+2/p-1. The molecule has 124 heavy (non-hydrogen) atoms. The van der Waals surface area contributed by atoms with E-state index in [9.17, 15) is 70.7 Å². The van der Waals surface area contributed by atoms with Crippen LogP contribution in [0.1, 0.15) is 74.0 Å². The molecule has 0 aliphatic rings. The third-order valence-electron chi connectivity index (χ3n) is 17.4. The zero-order valence-electron chi connectivity index (χ0n) is 66.5. The SMILES string of the molecule is COc1ccc(-n2ccnc2C(Cc2cc(F)cc(F)c2)NC(=O)NS(=O)(=O)c2ccccc2F)cc1.COc1ccc(-n2ccnc2C(N)Cc2cc(F)cc(F)c2)cc1.COc1ccc(-n2ccnc2C(N)Cc2cc(F)cc(F)c2)cc1.COc1ccc(-n2ccnc2C=O)cc1.Cc1ccccc1S(=O)(=O)N=C=O.[CH2-]c1cc(F)cc(F)c1.[Cl-].[Mg+2]. The molecule has 0 aliphatic carbocycles. The summed E-state index contributed by atoms with van der Waals surface area (Å²) in [6.45, 7) is 4.99. The van der Waals surface area contributed by atoms with E-state index in [-0.39, 0.29) is 71.0 Å². The molecule has 0 spiro atoms. The minimum Gasteiger partial charge on any atom is -1.00 e. The van der Waals surface area contributed by atoms with E-state index in [1.807, 2.05) is 81.9 Å². The number of imidazole rings is 4. The monoisotopic (exact) mass is 1770 g/mol. The molecule has 3 atom stereocenters. The number of methoxy groups -OCH3 is 4. The zero-order chi connectivity index (χ0) is 88.2. The van der Waals surface area contributed by atoms with E-state index in [1.165, 1.54) is 67.9 Å². The molecular formula is C87H77ClF9MgN13O11S2. The predicted octanol–water partition coefficient (Wildman–Crippen LogP) is 12.6. The number of carbonyl (C=O) groups excluding carboxylic acids is 3. The van der Waals surface area contributed by atoms with Crippen molar-refractivity contribution in [1.82, 2.24) is 48.2 Å². The number of hydrogen-bond acceptors (Lipinski definition) is 17. The predicted molar refractivity (Wildman–Crippen MR) is 441 cm³/mol. The van der Waals surface area contributed by atoms with Crippen LogP contribution in [-0.4, -0.2) is 125 Å². The van der Waals surface area contributed by atoms with E-state index < -0.39 is 101 Å². The van der Waals surface area contributed by atoms with Gasteiger partial charge < -0.3 is 61.8 Å². The molecule has 10 aromatic carbocycles. The molecule has 14 rings (SSSR count). The van der Waals surface area contributed by atoms with Crippen LogP contribution in [0.5, 0.6) is 23.0 Å². The number of rotatable bonds is 23. The van der Waals surface area contributed by atoms with Crippen molar-refractivity contribution < 1.29 is 102 Å². The van der Waals surface area contributed by atoms with Crippen molar-refractivity contribution in [2.45, 2.75) is 54.1 Å². The largest absolute Gasteiger partial charge is 2.00 e. The van der Waals surface area contributed by atoms with E-state index in [2.05, 4.69) is 36.6 Å². The maximum atomic E-state index is 14.0. The normalized spacial score (nSPS) is 11.3. The molecular weight excluding hydrogens is 1700 g/mol. The molecule has 2 amide bonds. The first-order valence-corrected chi connectivity index (χ1v) is 39.1. The van der Waals surface area contributed by atoms with E-state index in [1.54, 1.807) is 128 Å². The smallest absolute Gasteiger partial charge is 1.00 e. The van der Waals surface area contributed by atoms with Gasteiger partial charge in [-0.2, -0.15) is 20.9 Å². The van der Waals surface area contributed by atoms with Gasteiger partial charge in [0.1, 0.15) is 86.1 Å². The molecule has 6 N–H and O–H groups in total. The van der Waals surface area contributed by atoms with E-state index in [0.29, 0.717) is 57.2 Å². The maximum Gasteiger partial charge on any atom is 2.00 e. The minimum absolute atomic E-state index is 0. The molecule has 4 heterocycles. The Morgan fingerprint density at radius 1 is 0.468 bits per heavy atom. The minimum atomic E-state index is -4.56. The molecule has 640 valence electrons. The van der Waals surface area contributed by atoms with Crippen LogP contribution in [0.25, 0.3) is 22.7 Å². The Balaban J connectivity index is 0.000000215. The molecule has 0 aliphatic heterocycles. The summed E-state index contributed by atoms with van der Waals surface area (Å²) in [5.41, 5.74) is 17.8. The number of ether oxygens (including phenoxy) is 4. The second-order valence-electron chi connectivity index (χ2n) is 26.0. The van der Waals surface area contributed by atoms with Gasteiger partial charge in [0.15, 0.2) is 12.1 Å². The van der Waals surface area contributed by atoms with Crippen molar-refractivity contribution in [2.24, 2.45) is 15.9 Å². The number of urea groups is 1. The second kappa shape index (κ2) is 46.6. The van der Waals surface area contributed by atoms with Crippen molar-refractivity contribution in [2.75, 3.05) is 28.4 Å². The van der Waals surface area contributed by atoms with E-state index >= 15 is 0 Å². The van der Waals surface area contributed by atoms with E-state index in [0.717, 1.165) is 89.1 Å². The Labute approximate surface area is 729 Å². The van der Waals surface area contributed by atoms with Gasteiger partial charge in [-0.1, -0.05) is 34.7 Å². The maximum absolute atomic E-state index is 14.0. The number of aryl methyl sites for hydroxylation is 1. The first-order valence-electron chi connectivity index (χ1n) is 36.2. The molecule has 0 saturated carbocycles. The number of isocyanates is 1. The molecule has 0 radical (unpaired) electrons. The molecule has 0 bridgehead atoms. The molecule has 4 aromatic heterocycles. The summed E-state index contributed by atoms with van der Waals surface area (Å²) >= 11 is 0. The summed E-state index contributed by atoms with van der Waals surface area (Å²) in [4.78, 5) is 49.4. The van der Waals surface area contributed by atoms with Crippen LogP contribution in [-0.2, 0) is 44.1 Å². The first kappa shape index (κ1) is 97.8. The summed E-state index contributed by atoms with van der Waals surface area (Å²) in [5.74, 6) is -1.55. The number of sulfonamides is 2. The van der Waals surface area contributed by atoms with Gasteiger partial charge in [0.2, 0.25) is 0 Å². The fourth-order valence-corrected chi connectivity index (χ4v) is 13.8. The Bertz CT molecular complexity index is 5900. The van der Waals surface area contributed by atoms with Crippen molar-refractivity contribution in [3.8, 4) is 45.7 Å². The number of benzene rings is 10. The summed E-state index contributed by atoms with van der Waals surface area (Å²) in [7, 11) is -2.06. The number of carbonyl (C=O) groups is 2. The van der Waals surface area contributed by atoms with Crippen LogP contribution in [0.4, 0.5) is 44.3 Å². The summed E-state index contributed by atoms with van der Waals surface area (Å²) in [6.07, 6.45) is 15.4. The second-order valence-corrected chi connectivity index (χ2v) is 29.2. The zero-order valence-corrected chi connectivity index (χ0v) is 70.3. The van der Waals surface area contributed by atoms with Crippen LogP contribution >= 0.6 is 0 Å². The van der Waals surface area contributed by atoms with Gasteiger partial charge in [-0.05, 0) is 200 Å². The van der Waals surface area contributed by atoms with Gasteiger partial charge in [-0.15, -0.1) is 12.1 Å². The van der Waals surface area contributed by atoms with Crippen molar-refractivity contribution in [3.63, 3.8) is 0 Å². The van der Waals surface area contributed by atoms with Gasteiger partial charge in [-0.3, -0.25) is 9.36 Å². The number of nitrogens with zero attached hydrogens (tertiary/aromatic N) is 9. The Hall–Kier alpha value is -13.3. The van der Waals surface area contributed by atoms with Gasteiger partial charge in [0, 0.05) is 96.9 Å². The number of hydrogen-bond donors (Lipinski definition) is 4. The summed E-state index contributed by atoms with van der Waals surface area (Å²) < 4.78 is 199. The first-order chi connectivity index (χ1) is 58.4.